The van der Waals surface area contributed by atoms with Gasteiger partial charge < -0.3 is 25.5 Å². The number of phenols is 1. The topological polar surface area (TPSA) is 154 Å². The highest BCUT2D eigenvalue weighted by molar-refractivity contribution is 6.33. The molecule has 2 amide bonds. The first-order chi connectivity index (χ1) is 30.4. The highest BCUT2D eigenvalue weighted by Crippen LogP contribution is 2.57. The smallest absolute Gasteiger partial charge is 0.248 e. The van der Waals surface area contributed by atoms with Crippen LogP contribution in [0.3, 0.4) is 0 Å². The van der Waals surface area contributed by atoms with E-state index in [0.29, 0.717) is 65.5 Å². The van der Waals surface area contributed by atoms with Gasteiger partial charge in [0, 0.05) is 66.6 Å². The summed E-state index contributed by atoms with van der Waals surface area (Å²) < 4.78 is 14.3. The van der Waals surface area contributed by atoms with Gasteiger partial charge in [0.2, 0.25) is 11.8 Å². The molecule has 5 aliphatic heterocycles. The molecule has 12 nitrogen and oxygen atoms in total. The van der Waals surface area contributed by atoms with Gasteiger partial charge in [-0.15, -0.1) is 10.2 Å². The Morgan fingerprint density at radius 1 is 0.889 bits per heavy atom. The first-order valence-corrected chi connectivity index (χ1v) is 23.8. The van der Waals surface area contributed by atoms with Crippen LogP contribution < -0.4 is 20.9 Å². The predicted octanol–water partition coefficient (Wildman–Crippen LogP) is 6.76. The van der Waals surface area contributed by atoms with Gasteiger partial charge in [0.05, 0.1) is 21.6 Å². The molecule has 2 aromatic heterocycles. The summed E-state index contributed by atoms with van der Waals surface area (Å²) in [6.07, 6.45) is 13.7. The van der Waals surface area contributed by atoms with E-state index in [1.807, 2.05) is 12.3 Å². The highest BCUT2D eigenvalue weighted by Gasteiger charge is 2.55. The van der Waals surface area contributed by atoms with Crippen LogP contribution in [0.4, 0.5) is 21.6 Å². The number of hydrogen-bond donors (Lipinski definition) is 3. The van der Waals surface area contributed by atoms with Crippen LogP contribution in [0.1, 0.15) is 119 Å². The minimum absolute atomic E-state index is 0.0758. The lowest BCUT2D eigenvalue weighted by Gasteiger charge is -2.54. The number of carbonyl (C=O) groups is 2. The lowest BCUT2D eigenvalue weighted by Crippen LogP contribution is -2.63. The Morgan fingerprint density at radius 3 is 2.46 bits per heavy atom. The largest absolute Gasteiger partial charge is 0.504 e. The number of amides is 2. The predicted molar refractivity (Wildman–Crippen MR) is 242 cm³/mol. The molecule has 329 valence electrons. The molecule has 2 aliphatic carbocycles. The Bertz CT molecular complexity index is 2410. The summed E-state index contributed by atoms with van der Waals surface area (Å²) in [5.74, 6) is 1.93. The van der Waals surface area contributed by atoms with Crippen molar-refractivity contribution >= 4 is 39.2 Å². The normalized spacial score (nSPS) is 30.5. The fourth-order valence-electron chi connectivity index (χ4n) is 12.5. The lowest BCUT2D eigenvalue weighted by atomic mass is 9.51. The van der Waals surface area contributed by atoms with E-state index >= 15 is 0 Å². The second-order valence-corrected chi connectivity index (χ2v) is 20.5. The Balaban J connectivity index is 0.770. The Hall–Kier alpha value is -4.95. The Kier molecular flexibility index (Phi) is 11.0. The molecule has 7 heterocycles. The standard InChI is InChI=1S/C49H59FN9O3Si/c1-29-15-21-58(42-25-40(55-56-45(42)51)37-6-3-7-38(50)44(37)61)28-33-27-48(26-29,30(33)2)46-52-20-14-39(53-46)32-16-22-57(23-17-32)34-11-9-31(10-12-34)35-5-4-8-41-36(35)18-24-59(41)49(63)19-13-43(60)54-47(49)62/h3-8,14,20,25,29-34,61H,9-13,15-19,21-24,26-28H2,1-2H3,(H2,51,56)(H,54,60,62)/t29-,30?,31?,33+,34?,48+,49+/m1/s1. The van der Waals surface area contributed by atoms with Gasteiger partial charge in [-0.25, -0.2) is 14.4 Å². The van der Waals surface area contributed by atoms with Crippen molar-refractivity contribution < 1.29 is 19.1 Å². The number of benzene rings is 2. The van der Waals surface area contributed by atoms with Crippen LogP contribution >= 0.6 is 0 Å². The van der Waals surface area contributed by atoms with Crippen LogP contribution in [-0.2, 0) is 21.4 Å². The van der Waals surface area contributed by atoms with Gasteiger partial charge in [0.25, 0.3) is 0 Å². The first kappa shape index (κ1) is 42.0. The number of nitrogen functional groups attached to an aromatic ring is 1. The molecule has 6 fully saturated rings. The van der Waals surface area contributed by atoms with Gasteiger partial charge in [-0.3, -0.25) is 14.9 Å². The van der Waals surface area contributed by atoms with Crippen LogP contribution in [-0.4, -0.2) is 96.2 Å². The zero-order valence-electron chi connectivity index (χ0n) is 36.5. The number of nitrogens with zero attached hydrogens (tertiary/aromatic N) is 7. The SMILES string of the molecule is CC1[C@@H]2CN(c3cc(-c4cccc(F)c4O)nnc3N)CC[C@@H](C)C[C@]1(c1nccc(C3CCN(C4CCC(c5cccc6c5CCN6[C@]5([Si])CCC(=O)NC5=O)CC4)CC3)n1)C2. The van der Waals surface area contributed by atoms with Gasteiger partial charge in [0.1, 0.15) is 11.0 Å². The second-order valence-electron chi connectivity index (χ2n) is 19.7. The van der Waals surface area contributed by atoms with Gasteiger partial charge in [-0.05, 0) is 149 Å². The number of rotatable bonds is 7. The van der Waals surface area contributed by atoms with Crippen LogP contribution in [0.25, 0.3) is 11.3 Å². The molecule has 2 saturated carbocycles. The number of anilines is 3. The quantitative estimate of drug-likeness (QED) is 0.133. The maximum absolute atomic E-state index is 14.3. The lowest BCUT2D eigenvalue weighted by molar-refractivity contribution is -0.135. The number of nitrogens with two attached hydrogens (primary N) is 1. The van der Waals surface area contributed by atoms with Gasteiger partial charge in [-0.1, -0.05) is 32.0 Å². The summed E-state index contributed by atoms with van der Waals surface area (Å²) in [6, 6.07) is 15.7. The molecule has 63 heavy (non-hydrogen) atoms. The van der Waals surface area contributed by atoms with Crippen LogP contribution in [0, 0.1) is 23.6 Å². The highest BCUT2D eigenvalue weighted by atomic mass is 28.1. The number of carbonyl (C=O) groups excluding carboxylic acids is 2. The summed E-state index contributed by atoms with van der Waals surface area (Å²) in [5.41, 5.74) is 13.0. The number of fused-ring (bicyclic) bond motifs is 6. The molecule has 2 bridgehead atoms. The van der Waals surface area contributed by atoms with E-state index in [2.05, 4.69) is 78.6 Å². The summed E-state index contributed by atoms with van der Waals surface area (Å²) in [7, 11) is 3.83. The minimum atomic E-state index is -0.883. The number of para-hydroxylation sites is 1. The molecule has 0 spiro atoms. The number of likely N-dealkylation sites (tertiary alicyclic amines) is 1. The fourth-order valence-corrected chi connectivity index (χ4v) is 13.0. The molecule has 4 aromatic rings. The average Bonchev–Trinajstić information content (AvgIpc) is 3.79. The van der Waals surface area contributed by atoms with Crippen LogP contribution in [0.15, 0.2) is 54.7 Å². The average molecular weight is 869 g/mol. The number of aromatic nitrogens is 4. The van der Waals surface area contributed by atoms with E-state index in [1.165, 1.54) is 48.6 Å². The van der Waals surface area contributed by atoms with Crippen molar-refractivity contribution in [3.63, 3.8) is 0 Å². The van der Waals surface area contributed by atoms with E-state index in [1.54, 1.807) is 12.1 Å². The third-order valence-corrected chi connectivity index (χ3v) is 17.0. The number of phenolic OH excluding ortho intramolecular Hbond substituents is 1. The molecular formula is C49H59FN9O3Si. The molecule has 1 unspecified atom stereocenters. The number of aromatic hydroxyl groups is 1. The van der Waals surface area contributed by atoms with E-state index in [9.17, 15) is 19.1 Å². The summed E-state index contributed by atoms with van der Waals surface area (Å²) in [6.45, 7) is 9.29. The maximum Gasteiger partial charge on any atom is 0.248 e. The van der Waals surface area contributed by atoms with Crippen molar-refractivity contribution in [2.45, 2.75) is 119 Å². The molecule has 5 atom stereocenters. The number of piperidine rings is 2. The van der Waals surface area contributed by atoms with Crippen molar-refractivity contribution in [1.29, 1.82) is 0 Å². The van der Waals surface area contributed by atoms with E-state index in [0.717, 1.165) is 88.4 Å². The summed E-state index contributed by atoms with van der Waals surface area (Å²) in [5, 5.41) is 20.6. The first-order valence-electron chi connectivity index (χ1n) is 23.3. The number of hydrogen-bond acceptors (Lipinski definition) is 11. The Morgan fingerprint density at radius 2 is 1.68 bits per heavy atom. The van der Waals surface area contributed by atoms with Crippen molar-refractivity contribution in [3.05, 3.63) is 83.2 Å². The second kappa shape index (κ2) is 16.6. The minimum Gasteiger partial charge on any atom is -0.504 e. The van der Waals surface area contributed by atoms with Crippen molar-refractivity contribution in [2.75, 3.05) is 48.3 Å². The molecular weight excluding hydrogens is 810 g/mol. The monoisotopic (exact) mass is 868 g/mol. The summed E-state index contributed by atoms with van der Waals surface area (Å²) >= 11 is 0. The zero-order valence-corrected chi connectivity index (χ0v) is 37.5. The van der Waals surface area contributed by atoms with Crippen LogP contribution in [0.2, 0.25) is 0 Å². The number of nitrogens with one attached hydrogen (secondary N) is 1. The zero-order chi connectivity index (χ0) is 43.6. The summed E-state index contributed by atoms with van der Waals surface area (Å²) in [4.78, 5) is 42.6. The van der Waals surface area contributed by atoms with Crippen LogP contribution in [0.5, 0.6) is 5.75 Å². The van der Waals surface area contributed by atoms with E-state index in [4.69, 9.17) is 15.7 Å². The molecule has 11 rings (SSSR count). The Labute approximate surface area is 373 Å². The fraction of sp³-hybridized carbons (Fsp3) is 0.551. The number of halogens is 1. The third kappa shape index (κ3) is 7.48. The van der Waals surface area contributed by atoms with Gasteiger partial charge in [0.15, 0.2) is 17.4 Å². The van der Waals surface area contributed by atoms with E-state index < -0.39 is 16.7 Å². The van der Waals surface area contributed by atoms with Gasteiger partial charge >= 0.3 is 0 Å². The number of imide groups is 1. The molecule has 3 radical (unpaired) electrons. The molecule has 4 saturated heterocycles. The molecule has 14 heteroatoms. The molecule has 2 aromatic carbocycles. The molecule has 7 aliphatic rings. The van der Waals surface area contributed by atoms with E-state index in [-0.39, 0.29) is 17.2 Å². The van der Waals surface area contributed by atoms with Crippen molar-refractivity contribution in [1.82, 2.24) is 30.4 Å². The van der Waals surface area contributed by atoms with Crippen molar-refractivity contribution in [3.8, 4) is 17.0 Å². The van der Waals surface area contributed by atoms with Gasteiger partial charge in [-0.2, -0.15) is 0 Å². The van der Waals surface area contributed by atoms with Crippen molar-refractivity contribution in [2.24, 2.45) is 17.8 Å². The third-order valence-electron chi connectivity index (χ3n) is 16.3. The molecule has 4 N–H and O–H groups in total. The maximum atomic E-state index is 14.3.